The van der Waals surface area contributed by atoms with E-state index in [0.717, 1.165) is 37.6 Å². The molecule has 1 saturated heterocycles. The Hall–Kier alpha value is -2.08. The van der Waals surface area contributed by atoms with Gasteiger partial charge in [0.2, 0.25) is 5.91 Å². The highest BCUT2D eigenvalue weighted by atomic mass is 35.5. The van der Waals surface area contributed by atoms with Gasteiger partial charge in [0.05, 0.1) is 25.7 Å². The fourth-order valence-electron chi connectivity index (χ4n) is 3.40. The Balaban J connectivity index is 1.66. The molecule has 0 aromatic heterocycles. The first-order valence-electron chi connectivity index (χ1n) is 9.63. The van der Waals surface area contributed by atoms with Crippen LogP contribution in [0.3, 0.4) is 0 Å². The zero-order chi connectivity index (χ0) is 19.9. The number of halogens is 1. The standard InChI is InChI=1S/C22H28ClN3O2/c1-25(2)20-9-5-18(6-10-20)21(26-11-13-28-14-12-26)16-24-22(27)15-17-3-7-19(23)8-4-17/h3-10,21H,11-16H2,1-2H3,(H,24,27)/t21-/m0/s1. The minimum Gasteiger partial charge on any atom is -0.379 e. The molecule has 0 radical (unpaired) electrons. The second-order valence-corrected chi connectivity index (χ2v) is 7.69. The summed E-state index contributed by atoms with van der Waals surface area (Å²) in [6.45, 7) is 3.77. The van der Waals surface area contributed by atoms with Crippen LogP contribution in [-0.2, 0) is 16.0 Å². The highest BCUT2D eigenvalue weighted by Crippen LogP contribution is 2.24. The largest absolute Gasteiger partial charge is 0.379 e. The van der Waals surface area contributed by atoms with Gasteiger partial charge in [0.1, 0.15) is 0 Å². The number of hydrogen-bond donors (Lipinski definition) is 1. The van der Waals surface area contributed by atoms with Gasteiger partial charge in [0.25, 0.3) is 0 Å². The zero-order valence-corrected chi connectivity index (χ0v) is 17.3. The van der Waals surface area contributed by atoms with Crippen LogP contribution in [-0.4, -0.2) is 57.8 Å². The van der Waals surface area contributed by atoms with Crippen molar-refractivity contribution in [1.82, 2.24) is 10.2 Å². The Morgan fingerprint density at radius 3 is 2.36 bits per heavy atom. The minimum absolute atomic E-state index is 0.0190. The molecule has 1 amide bonds. The fourth-order valence-corrected chi connectivity index (χ4v) is 3.53. The van der Waals surface area contributed by atoms with Crippen molar-refractivity contribution >= 4 is 23.2 Å². The molecular weight excluding hydrogens is 374 g/mol. The van der Waals surface area contributed by atoms with Crippen molar-refractivity contribution in [3.8, 4) is 0 Å². The van der Waals surface area contributed by atoms with Crippen LogP contribution in [0.25, 0.3) is 0 Å². The summed E-state index contributed by atoms with van der Waals surface area (Å²) in [5.41, 5.74) is 3.33. The second kappa shape index (κ2) is 9.92. The normalized spacial score (nSPS) is 15.8. The van der Waals surface area contributed by atoms with E-state index in [0.29, 0.717) is 18.0 Å². The van der Waals surface area contributed by atoms with Crippen molar-refractivity contribution < 1.29 is 9.53 Å². The summed E-state index contributed by atoms with van der Waals surface area (Å²) in [5.74, 6) is 0.0190. The molecule has 6 heteroatoms. The number of nitrogens with zero attached hydrogens (tertiary/aromatic N) is 2. The summed E-state index contributed by atoms with van der Waals surface area (Å²) in [7, 11) is 4.07. The number of benzene rings is 2. The first-order chi connectivity index (χ1) is 13.5. The van der Waals surface area contributed by atoms with Gasteiger partial charge in [-0.2, -0.15) is 0 Å². The molecule has 1 aliphatic rings. The van der Waals surface area contributed by atoms with Crippen LogP contribution in [0.4, 0.5) is 5.69 Å². The third-order valence-electron chi connectivity index (χ3n) is 5.05. The first kappa shape index (κ1) is 20.6. The molecule has 5 nitrogen and oxygen atoms in total. The maximum absolute atomic E-state index is 12.5. The SMILES string of the molecule is CN(C)c1ccc([C@H](CNC(=O)Cc2ccc(Cl)cc2)N2CCOCC2)cc1. The Labute approximate surface area is 172 Å². The average Bonchev–Trinajstić information content (AvgIpc) is 2.71. The molecule has 1 atom stereocenters. The van der Waals surface area contributed by atoms with Gasteiger partial charge in [-0.05, 0) is 35.4 Å². The highest BCUT2D eigenvalue weighted by molar-refractivity contribution is 6.30. The number of ether oxygens (including phenoxy) is 1. The Bertz CT molecular complexity index is 756. The molecule has 0 aliphatic carbocycles. The molecule has 2 aromatic carbocycles. The monoisotopic (exact) mass is 401 g/mol. The molecule has 0 saturated carbocycles. The Morgan fingerprint density at radius 2 is 1.75 bits per heavy atom. The van der Waals surface area contributed by atoms with E-state index < -0.39 is 0 Å². The summed E-state index contributed by atoms with van der Waals surface area (Å²) in [6.07, 6.45) is 0.354. The quantitative estimate of drug-likeness (QED) is 0.774. The lowest BCUT2D eigenvalue weighted by molar-refractivity contribution is -0.120. The maximum atomic E-state index is 12.5. The maximum Gasteiger partial charge on any atom is 0.224 e. The van der Waals surface area contributed by atoms with E-state index in [-0.39, 0.29) is 11.9 Å². The van der Waals surface area contributed by atoms with Crippen LogP contribution in [0.2, 0.25) is 5.02 Å². The van der Waals surface area contributed by atoms with Gasteiger partial charge in [-0.15, -0.1) is 0 Å². The predicted octanol–water partition coefficient (Wildman–Crippen LogP) is 3.14. The summed E-state index contributed by atoms with van der Waals surface area (Å²) in [5, 5.41) is 3.79. The Kier molecular flexibility index (Phi) is 7.31. The molecule has 3 rings (SSSR count). The van der Waals surface area contributed by atoms with Crippen molar-refractivity contribution in [2.24, 2.45) is 0 Å². The van der Waals surface area contributed by atoms with E-state index in [9.17, 15) is 4.79 Å². The van der Waals surface area contributed by atoms with Crippen LogP contribution < -0.4 is 10.2 Å². The lowest BCUT2D eigenvalue weighted by Gasteiger charge is -2.35. The molecular formula is C22H28ClN3O2. The predicted molar refractivity (Wildman–Crippen MR) is 114 cm³/mol. The van der Waals surface area contributed by atoms with E-state index in [2.05, 4.69) is 39.4 Å². The lowest BCUT2D eigenvalue weighted by atomic mass is 10.0. The fraction of sp³-hybridized carbons (Fsp3) is 0.409. The van der Waals surface area contributed by atoms with E-state index in [1.54, 1.807) is 0 Å². The smallest absolute Gasteiger partial charge is 0.224 e. The molecule has 2 aromatic rings. The van der Waals surface area contributed by atoms with E-state index in [1.807, 2.05) is 38.4 Å². The van der Waals surface area contributed by atoms with Crippen LogP contribution >= 0.6 is 11.6 Å². The third-order valence-corrected chi connectivity index (χ3v) is 5.30. The molecule has 1 heterocycles. The lowest BCUT2D eigenvalue weighted by Crippen LogP contribution is -2.44. The van der Waals surface area contributed by atoms with Crippen LogP contribution in [0.15, 0.2) is 48.5 Å². The van der Waals surface area contributed by atoms with Gasteiger partial charge < -0.3 is 15.0 Å². The van der Waals surface area contributed by atoms with Crippen molar-refractivity contribution in [2.75, 3.05) is 51.8 Å². The third kappa shape index (κ3) is 5.71. The van der Waals surface area contributed by atoms with Gasteiger partial charge in [-0.25, -0.2) is 0 Å². The number of carbonyl (C=O) groups is 1. The van der Waals surface area contributed by atoms with Gasteiger partial charge in [-0.1, -0.05) is 35.9 Å². The molecule has 1 N–H and O–H groups in total. The molecule has 1 fully saturated rings. The molecule has 150 valence electrons. The van der Waals surface area contributed by atoms with Crippen LogP contribution in [0.1, 0.15) is 17.2 Å². The Morgan fingerprint density at radius 1 is 1.11 bits per heavy atom. The van der Waals surface area contributed by atoms with E-state index >= 15 is 0 Å². The zero-order valence-electron chi connectivity index (χ0n) is 16.5. The number of amides is 1. The molecule has 0 spiro atoms. The van der Waals surface area contributed by atoms with Crippen molar-refractivity contribution in [1.29, 1.82) is 0 Å². The molecule has 28 heavy (non-hydrogen) atoms. The van der Waals surface area contributed by atoms with Gasteiger partial charge in [0.15, 0.2) is 0 Å². The summed E-state index contributed by atoms with van der Waals surface area (Å²) >= 11 is 5.92. The number of hydrogen-bond acceptors (Lipinski definition) is 4. The second-order valence-electron chi connectivity index (χ2n) is 7.26. The molecule has 0 bridgehead atoms. The summed E-state index contributed by atoms with van der Waals surface area (Å²) in [4.78, 5) is 16.9. The van der Waals surface area contributed by atoms with Crippen molar-refractivity contribution in [3.05, 3.63) is 64.7 Å². The van der Waals surface area contributed by atoms with Gasteiger partial charge in [0, 0.05) is 44.4 Å². The van der Waals surface area contributed by atoms with Gasteiger partial charge in [-0.3, -0.25) is 9.69 Å². The molecule has 0 unspecified atom stereocenters. The first-order valence-corrected chi connectivity index (χ1v) is 10.0. The summed E-state index contributed by atoms with van der Waals surface area (Å²) in [6, 6.07) is 16.1. The van der Waals surface area contributed by atoms with E-state index in [4.69, 9.17) is 16.3 Å². The molecule has 1 aliphatic heterocycles. The number of anilines is 1. The van der Waals surface area contributed by atoms with Crippen molar-refractivity contribution in [2.45, 2.75) is 12.5 Å². The average molecular weight is 402 g/mol. The van der Waals surface area contributed by atoms with E-state index in [1.165, 1.54) is 5.56 Å². The number of nitrogens with one attached hydrogen (secondary N) is 1. The number of carbonyl (C=O) groups excluding carboxylic acids is 1. The van der Waals surface area contributed by atoms with Crippen molar-refractivity contribution in [3.63, 3.8) is 0 Å². The highest BCUT2D eigenvalue weighted by Gasteiger charge is 2.23. The summed E-state index contributed by atoms with van der Waals surface area (Å²) < 4.78 is 5.50. The number of rotatable bonds is 7. The van der Waals surface area contributed by atoms with Crippen LogP contribution in [0, 0.1) is 0 Å². The van der Waals surface area contributed by atoms with Crippen LogP contribution in [0.5, 0.6) is 0 Å². The number of morpholine rings is 1. The van der Waals surface area contributed by atoms with Gasteiger partial charge >= 0.3 is 0 Å². The minimum atomic E-state index is 0.0190. The topological polar surface area (TPSA) is 44.8 Å².